The minimum atomic E-state index is -0.907. The van der Waals surface area contributed by atoms with Gasteiger partial charge in [-0.25, -0.2) is 4.79 Å². The number of nitrogens with zero attached hydrogens (tertiary/aromatic N) is 1. The lowest BCUT2D eigenvalue weighted by atomic mass is 10.0. The van der Waals surface area contributed by atoms with E-state index in [-0.39, 0.29) is 0 Å². The first-order valence-electron chi connectivity index (χ1n) is 5.02. The first-order valence-corrected chi connectivity index (χ1v) is 5.02. The van der Waals surface area contributed by atoms with Gasteiger partial charge in [0.05, 0.1) is 5.56 Å². The molecule has 0 saturated carbocycles. The lowest BCUT2D eigenvalue weighted by Gasteiger charge is -2.03. The van der Waals surface area contributed by atoms with Crippen LogP contribution >= 0.6 is 0 Å². The highest BCUT2D eigenvalue weighted by atomic mass is 16.4. The molecule has 1 N–H and O–H groups in total. The van der Waals surface area contributed by atoms with Crippen LogP contribution in [0.1, 0.15) is 29.8 Å². The summed E-state index contributed by atoms with van der Waals surface area (Å²) in [5.74, 6) is -0.907. The van der Waals surface area contributed by atoms with Crippen molar-refractivity contribution in [1.82, 2.24) is 5.32 Å². The molecule has 1 aliphatic rings. The highest BCUT2D eigenvalue weighted by molar-refractivity contribution is 5.90. The molecule has 1 aliphatic heterocycles. The highest BCUT2D eigenvalue weighted by Crippen LogP contribution is 2.26. The molecule has 0 saturated heterocycles. The number of carbonyl (C=O) groups is 1. The largest absolute Gasteiger partial charge is 0.478 e. The van der Waals surface area contributed by atoms with Crippen LogP contribution in [0.25, 0.3) is 5.57 Å². The number of benzene rings is 1. The van der Waals surface area contributed by atoms with Crippen LogP contribution in [-0.4, -0.2) is 11.1 Å². The van der Waals surface area contributed by atoms with E-state index in [0.717, 1.165) is 22.5 Å². The molecule has 1 radical (unpaired) electrons. The van der Waals surface area contributed by atoms with Crippen molar-refractivity contribution < 1.29 is 9.90 Å². The van der Waals surface area contributed by atoms with Gasteiger partial charge in [0.15, 0.2) is 0 Å². The van der Waals surface area contributed by atoms with Gasteiger partial charge in [-0.1, -0.05) is 12.1 Å². The van der Waals surface area contributed by atoms with Gasteiger partial charge in [-0.15, -0.1) is 0 Å². The van der Waals surface area contributed by atoms with E-state index < -0.39 is 5.97 Å². The Morgan fingerprint density at radius 1 is 1.31 bits per heavy atom. The summed E-state index contributed by atoms with van der Waals surface area (Å²) in [4.78, 5) is 10.9. The lowest BCUT2D eigenvalue weighted by Crippen LogP contribution is -1.97. The molecule has 0 atom stereocenters. The van der Waals surface area contributed by atoms with E-state index in [2.05, 4.69) is 5.32 Å². The maximum atomic E-state index is 10.9. The van der Waals surface area contributed by atoms with Crippen LogP contribution in [-0.2, 0) is 0 Å². The molecule has 2 rings (SSSR count). The molecule has 1 aromatic rings. The summed E-state index contributed by atoms with van der Waals surface area (Å²) >= 11 is 0. The minimum Gasteiger partial charge on any atom is -0.478 e. The highest BCUT2D eigenvalue weighted by Gasteiger charge is 2.13. The predicted molar refractivity (Wildman–Crippen MR) is 61.9 cm³/mol. The average Bonchev–Trinajstić information content (AvgIpc) is 2.58. The summed E-state index contributed by atoms with van der Waals surface area (Å²) in [6, 6.07) is 6.91. The molecule has 0 fully saturated rings. The van der Waals surface area contributed by atoms with Gasteiger partial charge in [0.1, 0.15) is 0 Å². The van der Waals surface area contributed by atoms with Crippen molar-refractivity contribution in [1.29, 1.82) is 0 Å². The Kier molecular flexibility index (Phi) is 2.52. The van der Waals surface area contributed by atoms with Gasteiger partial charge in [-0.05, 0) is 37.6 Å². The lowest BCUT2D eigenvalue weighted by molar-refractivity contribution is 0.0697. The second-order valence-corrected chi connectivity index (χ2v) is 3.78. The number of hydrogen-bond acceptors (Lipinski definition) is 1. The Hall–Kier alpha value is -2.03. The standard InChI is InChI=1S/C13H12NO2/c1-8-6-12(9(2)14-8)10-4-3-5-11(7-10)13(15)16/h3-7H,1-2H3,(H,15,16). The molecular formula is C13H12NO2. The molecule has 1 heterocycles. The molecule has 3 heteroatoms. The van der Waals surface area contributed by atoms with Crippen molar-refractivity contribution in [2.45, 2.75) is 13.8 Å². The van der Waals surface area contributed by atoms with Crippen molar-refractivity contribution in [3.63, 3.8) is 0 Å². The molecule has 3 nitrogen and oxygen atoms in total. The fraction of sp³-hybridized carbons (Fsp3) is 0.154. The summed E-state index contributed by atoms with van der Waals surface area (Å²) in [5.41, 5.74) is 4.09. The van der Waals surface area contributed by atoms with E-state index in [1.165, 1.54) is 0 Å². The van der Waals surface area contributed by atoms with Gasteiger partial charge in [0.25, 0.3) is 0 Å². The third kappa shape index (κ3) is 1.84. The van der Waals surface area contributed by atoms with E-state index in [1.807, 2.05) is 26.0 Å². The van der Waals surface area contributed by atoms with Crippen molar-refractivity contribution in [3.8, 4) is 0 Å². The number of aromatic carboxylic acids is 1. The normalized spacial score (nSPS) is 14.8. The van der Waals surface area contributed by atoms with Gasteiger partial charge >= 0.3 is 5.97 Å². The van der Waals surface area contributed by atoms with Gasteiger partial charge in [-0.3, -0.25) is 5.32 Å². The molecule has 0 aliphatic carbocycles. The maximum absolute atomic E-state index is 10.9. The fourth-order valence-corrected chi connectivity index (χ4v) is 1.78. The maximum Gasteiger partial charge on any atom is 0.335 e. The Balaban J connectivity index is 2.45. The van der Waals surface area contributed by atoms with E-state index in [0.29, 0.717) is 5.56 Å². The Morgan fingerprint density at radius 3 is 2.62 bits per heavy atom. The summed E-state index contributed by atoms with van der Waals surface area (Å²) in [6.07, 6.45) is 1.97. The Morgan fingerprint density at radius 2 is 2.06 bits per heavy atom. The number of hydrogen-bond donors (Lipinski definition) is 1. The first-order chi connectivity index (χ1) is 7.58. The quantitative estimate of drug-likeness (QED) is 0.822. The summed E-state index contributed by atoms with van der Waals surface area (Å²) in [7, 11) is 0. The Bertz CT molecular complexity index is 512. The minimum absolute atomic E-state index is 0.302. The smallest absolute Gasteiger partial charge is 0.335 e. The topological polar surface area (TPSA) is 51.4 Å². The summed E-state index contributed by atoms with van der Waals surface area (Å²) in [5, 5.41) is 13.2. The molecule has 1 aromatic carbocycles. The van der Waals surface area contributed by atoms with Gasteiger partial charge in [-0.2, -0.15) is 0 Å². The van der Waals surface area contributed by atoms with Crippen LogP contribution in [0.4, 0.5) is 0 Å². The van der Waals surface area contributed by atoms with Gasteiger partial charge < -0.3 is 5.11 Å². The van der Waals surface area contributed by atoms with E-state index in [9.17, 15) is 4.79 Å². The van der Waals surface area contributed by atoms with Crippen molar-refractivity contribution in [2.75, 3.05) is 0 Å². The van der Waals surface area contributed by atoms with Crippen LogP contribution in [0.3, 0.4) is 0 Å². The third-order valence-corrected chi connectivity index (χ3v) is 2.51. The van der Waals surface area contributed by atoms with E-state index in [4.69, 9.17) is 5.11 Å². The zero-order valence-electron chi connectivity index (χ0n) is 9.19. The number of carboxylic acids is 1. The number of rotatable bonds is 2. The SMILES string of the molecule is CC1=CC(c2cccc(C(=O)O)c2)=C(C)[N]1. The zero-order chi connectivity index (χ0) is 11.7. The summed E-state index contributed by atoms with van der Waals surface area (Å²) in [6.45, 7) is 3.85. The van der Waals surface area contributed by atoms with Crippen LogP contribution in [0.15, 0.2) is 41.7 Å². The molecule has 0 spiro atoms. The van der Waals surface area contributed by atoms with Crippen LogP contribution in [0, 0.1) is 0 Å². The summed E-state index contributed by atoms with van der Waals surface area (Å²) < 4.78 is 0. The van der Waals surface area contributed by atoms with Crippen molar-refractivity contribution >= 4 is 11.5 Å². The third-order valence-electron chi connectivity index (χ3n) is 2.51. The molecular weight excluding hydrogens is 202 g/mol. The van der Waals surface area contributed by atoms with Gasteiger partial charge in [0, 0.05) is 17.0 Å². The number of carboxylic acid groups (broad SMARTS) is 1. The Labute approximate surface area is 94.1 Å². The average molecular weight is 214 g/mol. The second-order valence-electron chi connectivity index (χ2n) is 3.78. The predicted octanol–water partition coefficient (Wildman–Crippen LogP) is 2.64. The van der Waals surface area contributed by atoms with Crippen LogP contribution in [0.2, 0.25) is 0 Å². The first kappa shape index (κ1) is 10.5. The molecule has 0 unspecified atom stereocenters. The molecule has 16 heavy (non-hydrogen) atoms. The molecule has 81 valence electrons. The van der Waals surface area contributed by atoms with E-state index in [1.54, 1.807) is 18.2 Å². The zero-order valence-corrected chi connectivity index (χ0v) is 9.19. The second kappa shape index (κ2) is 3.85. The fourth-order valence-electron chi connectivity index (χ4n) is 1.78. The van der Waals surface area contributed by atoms with Gasteiger partial charge in [0.2, 0.25) is 0 Å². The van der Waals surface area contributed by atoms with Crippen molar-refractivity contribution in [2.24, 2.45) is 0 Å². The van der Waals surface area contributed by atoms with Crippen molar-refractivity contribution in [3.05, 3.63) is 52.9 Å². The van der Waals surface area contributed by atoms with Crippen LogP contribution < -0.4 is 5.32 Å². The monoisotopic (exact) mass is 214 g/mol. The molecule has 0 amide bonds. The van der Waals surface area contributed by atoms with E-state index >= 15 is 0 Å². The molecule has 0 bridgehead atoms. The van der Waals surface area contributed by atoms with Crippen LogP contribution in [0.5, 0.6) is 0 Å². The number of allylic oxidation sites excluding steroid dienone is 4. The molecule has 0 aromatic heterocycles.